The normalized spacial score (nSPS) is 25.8. The highest BCUT2D eigenvalue weighted by Gasteiger charge is 2.54. The third-order valence-electron chi connectivity index (χ3n) is 4.65. The summed E-state index contributed by atoms with van der Waals surface area (Å²) in [5, 5.41) is 10.3. The van der Waals surface area contributed by atoms with E-state index >= 15 is 0 Å². The zero-order valence-electron chi connectivity index (χ0n) is 12.3. The van der Waals surface area contributed by atoms with Crippen LogP contribution in [0.15, 0.2) is 16.9 Å². The summed E-state index contributed by atoms with van der Waals surface area (Å²) in [5.74, 6) is 0. The highest BCUT2D eigenvalue weighted by Crippen LogP contribution is 2.44. The van der Waals surface area contributed by atoms with E-state index in [1.807, 2.05) is 27.7 Å². The van der Waals surface area contributed by atoms with Crippen LogP contribution in [0.25, 0.3) is 0 Å². The van der Waals surface area contributed by atoms with Crippen LogP contribution >= 0.6 is 0 Å². The summed E-state index contributed by atoms with van der Waals surface area (Å²) in [6.07, 6.45) is 1.30. The van der Waals surface area contributed by atoms with Gasteiger partial charge in [-0.25, -0.2) is 0 Å². The van der Waals surface area contributed by atoms with Gasteiger partial charge in [-0.15, -0.1) is 0 Å². The van der Waals surface area contributed by atoms with Crippen LogP contribution in [0.5, 0.6) is 0 Å². The van der Waals surface area contributed by atoms with E-state index in [2.05, 4.69) is 4.98 Å². The maximum atomic E-state index is 11.5. The first kappa shape index (κ1) is 13.9. The Hall–Kier alpha value is -1.11. The van der Waals surface area contributed by atoms with Crippen molar-refractivity contribution >= 4 is 12.6 Å². The smallest absolute Gasteiger partial charge is 0.399 e. The molecule has 2 aliphatic rings. The molecule has 0 unspecified atom stereocenters. The van der Waals surface area contributed by atoms with Crippen molar-refractivity contribution in [2.75, 3.05) is 0 Å². The second-order valence-corrected chi connectivity index (χ2v) is 6.77. The summed E-state index contributed by atoms with van der Waals surface area (Å²) in [6, 6.07) is 3.13. The van der Waals surface area contributed by atoms with Crippen molar-refractivity contribution in [3.63, 3.8) is 0 Å². The van der Waals surface area contributed by atoms with E-state index in [4.69, 9.17) is 9.31 Å². The molecular weight excluding hydrogens is 257 g/mol. The van der Waals surface area contributed by atoms with Gasteiger partial charge in [0.25, 0.3) is 0 Å². The fraction of sp³-hybridized carbons (Fsp3) is 0.643. The second kappa shape index (κ2) is 3.96. The molecule has 0 aromatic carbocycles. The first-order valence-electron chi connectivity index (χ1n) is 6.96. The van der Waals surface area contributed by atoms with E-state index in [1.165, 1.54) is 6.07 Å². The van der Waals surface area contributed by atoms with E-state index in [0.29, 0.717) is 24.0 Å². The van der Waals surface area contributed by atoms with Gasteiger partial charge >= 0.3 is 7.12 Å². The molecule has 1 aliphatic carbocycles. The minimum atomic E-state index is -0.931. The Bertz CT molecular complexity index is 587. The number of pyridine rings is 1. The van der Waals surface area contributed by atoms with Crippen LogP contribution in [0.4, 0.5) is 0 Å². The van der Waals surface area contributed by atoms with Gasteiger partial charge in [0.2, 0.25) is 5.56 Å². The molecule has 0 amide bonds. The Balaban J connectivity index is 2.02. The zero-order chi connectivity index (χ0) is 14.8. The van der Waals surface area contributed by atoms with Crippen LogP contribution < -0.4 is 11.0 Å². The quantitative estimate of drug-likeness (QED) is 0.779. The molecule has 0 spiro atoms. The third-order valence-corrected chi connectivity index (χ3v) is 4.65. The molecule has 0 atom stereocenters. The molecule has 2 fully saturated rings. The molecule has 1 aromatic rings. The van der Waals surface area contributed by atoms with Crippen LogP contribution in [0, 0.1) is 0 Å². The second-order valence-electron chi connectivity index (χ2n) is 6.77. The van der Waals surface area contributed by atoms with Gasteiger partial charge in [0.1, 0.15) is 5.60 Å². The van der Waals surface area contributed by atoms with E-state index < -0.39 is 23.9 Å². The zero-order valence-corrected chi connectivity index (χ0v) is 12.3. The van der Waals surface area contributed by atoms with Crippen LogP contribution in [0.3, 0.4) is 0 Å². The number of nitrogens with one attached hydrogen (secondary N) is 1. The van der Waals surface area contributed by atoms with Gasteiger partial charge in [-0.1, -0.05) is 6.07 Å². The lowest BCUT2D eigenvalue weighted by atomic mass is 9.76. The van der Waals surface area contributed by atoms with Crippen molar-refractivity contribution in [3.8, 4) is 0 Å². The number of aliphatic hydroxyl groups is 1. The summed E-state index contributed by atoms with van der Waals surface area (Å²) < 4.78 is 12.0. The first-order chi connectivity index (χ1) is 9.15. The largest absolute Gasteiger partial charge is 0.496 e. The van der Waals surface area contributed by atoms with Gasteiger partial charge in [-0.05, 0) is 40.5 Å². The average molecular weight is 277 g/mol. The van der Waals surface area contributed by atoms with E-state index in [1.54, 1.807) is 6.07 Å². The number of hydrogen-bond acceptors (Lipinski definition) is 4. The highest BCUT2D eigenvalue weighted by atomic mass is 16.7. The number of aromatic nitrogens is 1. The van der Waals surface area contributed by atoms with Gasteiger partial charge < -0.3 is 19.4 Å². The average Bonchev–Trinajstić information content (AvgIpc) is 3.02. The van der Waals surface area contributed by atoms with E-state index in [-0.39, 0.29) is 5.56 Å². The van der Waals surface area contributed by atoms with Gasteiger partial charge in [0, 0.05) is 17.2 Å². The number of aromatic amines is 1. The van der Waals surface area contributed by atoms with Crippen molar-refractivity contribution in [1.29, 1.82) is 0 Å². The summed E-state index contributed by atoms with van der Waals surface area (Å²) in [5.41, 5.74) is -0.805. The van der Waals surface area contributed by atoms with Crippen LogP contribution in [0.1, 0.15) is 46.2 Å². The molecular formula is C14H20BNO4. The lowest BCUT2D eigenvalue weighted by Gasteiger charge is -2.32. The monoisotopic (exact) mass is 277 g/mol. The molecule has 108 valence electrons. The van der Waals surface area contributed by atoms with Crippen LogP contribution in [-0.4, -0.2) is 28.4 Å². The lowest BCUT2D eigenvalue weighted by molar-refractivity contribution is 0.00578. The molecule has 3 rings (SSSR count). The summed E-state index contributed by atoms with van der Waals surface area (Å²) in [4.78, 5) is 14.3. The number of hydrogen-bond donors (Lipinski definition) is 2. The minimum Gasteiger partial charge on any atom is -0.399 e. The maximum absolute atomic E-state index is 11.5. The van der Waals surface area contributed by atoms with Gasteiger partial charge in [-0.3, -0.25) is 4.79 Å². The number of H-pyrrole nitrogens is 1. The Kier molecular flexibility index (Phi) is 2.75. The molecule has 1 aliphatic heterocycles. The molecule has 0 bridgehead atoms. The van der Waals surface area contributed by atoms with Crippen molar-refractivity contribution in [3.05, 3.63) is 28.2 Å². The van der Waals surface area contributed by atoms with E-state index in [9.17, 15) is 9.90 Å². The molecule has 2 N–H and O–H groups in total. The highest BCUT2D eigenvalue weighted by molar-refractivity contribution is 6.62. The van der Waals surface area contributed by atoms with Crippen molar-refractivity contribution < 1.29 is 14.4 Å². The Labute approximate surface area is 118 Å². The topological polar surface area (TPSA) is 71.6 Å². The molecule has 1 aromatic heterocycles. The maximum Gasteiger partial charge on any atom is 0.496 e. The molecule has 2 heterocycles. The number of rotatable bonds is 2. The van der Waals surface area contributed by atoms with Crippen molar-refractivity contribution in [2.45, 2.75) is 57.3 Å². The van der Waals surface area contributed by atoms with Crippen LogP contribution in [0.2, 0.25) is 0 Å². The third kappa shape index (κ3) is 2.03. The minimum absolute atomic E-state index is 0.222. The molecule has 6 heteroatoms. The molecule has 1 saturated carbocycles. The van der Waals surface area contributed by atoms with Crippen LogP contribution in [-0.2, 0) is 14.9 Å². The van der Waals surface area contributed by atoms with Gasteiger partial charge in [-0.2, -0.15) is 0 Å². The fourth-order valence-corrected chi connectivity index (χ4v) is 2.41. The molecule has 0 radical (unpaired) electrons. The Morgan fingerprint density at radius 1 is 1.15 bits per heavy atom. The van der Waals surface area contributed by atoms with E-state index in [0.717, 1.165) is 0 Å². The summed E-state index contributed by atoms with van der Waals surface area (Å²) >= 11 is 0. The first-order valence-corrected chi connectivity index (χ1v) is 6.96. The van der Waals surface area contributed by atoms with Crippen molar-refractivity contribution in [1.82, 2.24) is 4.98 Å². The fourth-order valence-electron chi connectivity index (χ4n) is 2.41. The predicted molar refractivity (Wildman–Crippen MR) is 75.9 cm³/mol. The Morgan fingerprint density at radius 2 is 1.70 bits per heavy atom. The SMILES string of the molecule is CC1(C)OB(c2ccc(=O)[nH]c2C2(O)CC2)OC1(C)C. The summed E-state index contributed by atoms with van der Waals surface area (Å²) in [7, 11) is -0.573. The predicted octanol–water partition coefficient (Wildman–Crippen LogP) is 0.655. The summed E-state index contributed by atoms with van der Waals surface area (Å²) in [6.45, 7) is 7.91. The van der Waals surface area contributed by atoms with Crippen molar-refractivity contribution in [2.24, 2.45) is 0 Å². The Morgan fingerprint density at radius 3 is 2.20 bits per heavy atom. The molecule has 1 saturated heterocycles. The van der Waals surface area contributed by atoms with Gasteiger partial charge in [0.05, 0.1) is 11.2 Å². The molecule has 20 heavy (non-hydrogen) atoms. The lowest BCUT2D eigenvalue weighted by Crippen LogP contribution is -2.41. The standard InChI is InChI=1S/C14H20BNO4/c1-12(2)13(3,4)20-15(19-12)9-5-6-10(17)16-11(9)14(18)7-8-14/h5-6,18H,7-8H2,1-4H3,(H,16,17). The molecule has 5 nitrogen and oxygen atoms in total. The van der Waals surface area contributed by atoms with Gasteiger partial charge in [0.15, 0.2) is 0 Å².